The molecule has 0 aromatic carbocycles. The van der Waals surface area contributed by atoms with E-state index >= 15 is 0 Å². The molecule has 0 amide bonds. The zero-order chi connectivity index (χ0) is 21.4. The van der Waals surface area contributed by atoms with Crippen LogP contribution in [0.4, 0.5) is 19.0 Å². The summed E-state index contributed by atoms with van der Waals surface area (Å²) in [7, 11) is 1.68. The number of aliphatic imine (C=N–C) groups is 1. The Morgan fingerprint density at radius 1 is 1.00 bits per heavy atom. The van der Waals surface area contributed by atoms with Crippen molar-refractivity contribution < 1.29 is 22.6 Å². The Morgan fingerprint density at radius 2 is 1.70 bits per heavy atom. The Hall–Kier alpha value is -1.34. The van der Waals surface area contributed by atoms with E-state index in [9.17, 15) is 13.2 Å². The molecule has 0 spiro atoms. The van der Waals surface area contributed by atoms with Gasteiger partial charge in [0.15, 0.2) is 5.96 Å². The van der Waals surface area contributed by atoms with E-state index in [1.807, 2.05) is 0 Å². The van der Waals surface area contributed by atoms with Crippen molar-refractivity contribution in [3.05, 3.63) is 23.9 Å². The SMILES string of the molecule is CCCCOCCOCCNC(=NC)NCCCNc1ccc(C(F)(F)F)cn1.I. The maximum Gasteiger partial charge on any atom is 0.417 e. The number of unbranched alkanes of at least 4 members (excludes halogenated alkanes) is 1. The number of hydrogen-bond acceptors (Lipinski definition) is 5. The Labute approximate surface area is 193 Å². The number of anilines is 1. The molecule has 1 aromatic heterocycles. The second-order valence-electron chi connectivity index (χ2n) is 6.21. The third-order valence-electron chi connectivity index (χ3n) is 3.82. The lowest BCUT2D eigenvalue weighted by Crippen LogP contribution is -2.39. The van der Waals surface area contributed by atoms with Gasteiger partial charge in [-0.1, -0.05) is 13.3 Å². The summed E-state index contributed by atoms with van der Waals surface area (Å²) < 4.78 is 48.3. The molecule has 0 saturated heterocycles. The standard InChI is InChI=1S/C19H32F3N5O2.HI/c1-3-4-11-28-13-14-29-12-10-26-18(23-2)25-9-5-8-24-17-7-6-16(15-27-17)19(20,21)22;/h6-7,15H,3-5,8-14H2,1-2H3,(H,24,27)(H2,23,25,26);1H. The summed E-state index contributed by atoms with van der Waals surface area (Å²) in [4.78, 5) is 7.89. The number of aromatic nitrogens is 1. The first-order valence-corrected chi connectivity index (χ1v) is 9.84. The summed E-state index contributed by atoms with van der Waals surface area (Å²) in [6, 6.07) is 2.34. The van der Waals surface area contributed by atoms with E-state index in [4.69, 9.17) is 9.47 Å². The van der Waals surface area contributed by atoms with Crippen molar-refractivity contribution in [3.8, 4) is 0 Å². The quantitative estimate of drug-likeness (QED) is 0.143. The number of nitrogens with zero attached hydrogens (tertiary/aromatic N) is 2. The van der Waals surface area contributed by atoms with Gasteiger partial charge in [-0.2, -0.15) is 13.2 Å². The van der Waals surface area contributed by atoms with Gasteiger partial charge in [0.2, 0.25) is 0 Å². The van der Waals surface area contributed by atoms with Crippen LogP contribution in [-0.4, -0.2) is 64.1 Å². The lowest BCUT2D eigenvalue weighted by molar-refractivity contribution is -0.137. The average molecular weight is 547 g/mol. The number of rotatable bonds is 14. The number of halogens is 4. The van der Waals surface area contributed by atoms with Gasteiger partial charge in [0, 0.05) is 39.5 Å². The summed E-state index contributed by atoms with van der Waals surface area (Å²) >= 11 is 0. The molecule has 0 aliphatic carbocycles. The molecular formula is C19H33F3IN5O2. The highest BCUT2D eigenvalue weighted by molar-refractivity contribution is 14.0. The van der Waals surface area contributed by atoms with Gasteiger partial charge in [-0.25, -0.2) is 4.98 Å². The van der Waals surface area contributed by atoms with E-state index in [1.54, 1.807) is 7.05 Å². The first kappa shape index (κ1) is 28.7. The molecule has 7 nitrogen and oxygen atoms in total. The fraction of sp³-hybridized carbons (Fsp3) is 0.684. The molecule has 0 aliphatic rings. The van der Waals surface area contributed by atoms with Crippen LogP contribution in [0.1, 0.15) is 31.7 Å². The van der Waals surface area contributed by atoms with Crippen LogP contribution in [-0.2, 0) is 15.7 Å². The van der Waals surface area contributed by atoms with Crippen LogP contribution in [0.2, 0.25) is 0 Å². The lowest BCUT2D eigenvalue weighted by Gasteiger charge is -2.12. The average Bonchev–Trinajstić information content (AvgIpc) is 2.70. The van der Waals surface area contributed by atoms with Gasteiger partial charge in [0.05, 0.1) is 25.4 Å². The van der Waals surface area contributed by atoms with Crippen LogP contribution in [0.5, 0.6) is 0 Å². The molecule has 3 N–H and O–H groups in total. The molecule has 0 unspecified atom stereocenters. The van der Waals surface area contributed by atoms with Crippen molar-refractivity contribution in [2.24, 2.45) is 4.99 Å². The smallest absolute Gasteiger partial charge is 0.379 e. The monoisotopic (exact) mass is 547 g/mol. The van der Waals surface area contributed by atoms with Gasteiger partial charge in [-0.05, 0) is 25.0 Å². The normalized spacial score (nSPS) is 11.7. The number of alkyl halides is 3. The van der Waals surface area contributed by atoms with Crippen LogP contribution < -0.4 is 16.0 Å². The van der Waals surface area contributed by atoms with Gasteiger partial charge >= 0.3 is 6.18 Å². The highest BCUT2D eigenvalue weighted by Crippen LogP contribution is 2.28. The molecule has 0 atom stereocenters. The highest BCUT2D eigenvalue weighted by Gasteiger charge is 2.30. The van der Waals surface area contributed by atoms with Crippen molar-refractivity contribution in [1.29, 1.82) is 0 Å². The molecular weight excluding hydrogens is 514 g/mol. The third kappa shape index (κ3) is 13.8. The third-order valence-corrected chi connectivity index (χ3v) is 3.82. The predicted molar refractivity (Wildman–Crippen MR) is 124 cm³/mol. The molecule has 0 aliphatic heterocycles. The zero-order valence-electron chi connectivity index (χ0n) is 17.6. The minimum Gasteiger partial charge on any atom is -0.379 e. The number of pyridine rings is 1. The van der Waals surface area contributed by atoms with E-state index < -0.39 is 11.7 Å². The van der Waals surface area contributed by atoms with Gasteiger partial charge in [-0.15, -0.1) is 24.0 Å². The summed E-state index contributed by atoms with van der Waals surface area (Å²) in [5.41, 5.74) is -0.757. The Morgan fingerprint density at radius 3 is 2.30 bits per heavy atom. The van der Waals surface area contributed by atoms with Crippen LogP contribution in [0.25, 0.3) is 0 Å². The van der Waals surface area contributed by atoms with Crippen molar-refractivity contribution in [2.45, 2.75) is 32.4 Å². The molecule has 11 heteroatoms. The largest absolute Gasteiger partial charge is 0.417 e. The Bertz CT molecular complexity index is 574. The summed E-state index contributed by atoms with van der Waals surface area (Å²) in [6.45, 7) is 6.48. The first-order chi connectivity index (χ1) is 14.0. The van der Waals surface area contributed by atoms with Crippen molar-refractivity contribution in [2.75, 3.05) is 58.4 Å². The van der Waals surface area contributed by atoms with Gasteiger partial charge in [-0.3, -0.25) is 4.99 Å². The van der Waals surface area contributed by atoms with Crippen LogP contribution in [0.15, 0.2) is 23.3 Å². The Kier molecular flexibility index (Phi) is 16.6. The van der Waals surface area contributed by atoms with Crippen LogP contribution in [0, 0.1) is 0 Å². The van der Waals surface area contributed by atoms with E-state index in [1.165, 1.54) is 6.07 Å². The molecule has 174 valence electrons. The molecule has 1 aromatic rings. The fourth-order valence-corrected chi connectivity index (χ4v) is 2.21. The zero-order valence-corrected chi connectivity index (χ0v) is 19.9. The summed E-state index contributed by atoms with van der Waals surface area (Å²) in [5.74, 6) is 1.08. The number of guanidine groups is 1. The first-order valence-electron chi connectivity index (χ1n) is 9.84. The van der Waals surface area contributed by atoms with E-state index in [-0.39, 0.29) is 24.0 Å². The molecule has 1 heterocycles. The number of ether oxygens (including phenoxy) is 2. The van der Waals surface area contributed by atoms with Gasteiger partial charge < -0.3 is 25.4 Å². The van der Waals surface area contributed by atoms with Crippen molar-refractivity contribution in [1.82, 2.24) is 15.6 Å². The minimum absolute atomic E-state index is 0. The number of nitrogens with one attached hydrogen (secondary N) is 3. The fourth-order valence-electron chi connectivity index (χ4n) is 2.21. The molecule has 0 radical (unpaired) electrons. The maximum atomic E-state index is 12.5. The second kappa shape index (κ2) is 17.4. The van der Waals surface area contributed by atoms with Gasteiger partial charge in [0.1, 0.15) is 5.82 Å². The number of hydrogen-bond donors (Lipinski definition) is 3. The summed E-state index contributed by atoms with van der Waals surface area (Å²) in [6.07, 6.45) is -0.606. The second-order valence-corrected chi connectivity index (χ2v) is 6.21. The van der Waals surface area contributed by atoms with Crippen molar-refractivity contribution in [3.63, 3.8) is 0 Å². The molecule has 0 fully saturated rings. The topological polar surface area (TPSA) is 79.8 Å². The minimum atomic E-state index is -4.37. The molecule has 0 saturated carbocycles. The van der Waals surface area contributed by atoms with Crippen LogP contribution >= 0.6 is 24.0 Å². The molecule has 0 bridgehead atoms. The van der Waals surface area contributed by atoms with Crippen molar-refractivity contribution >= 4 is 35.8 Å². The van der Waals surface area contributed by atoms with E-state index in [0.29, 0.717) is 51.2 Å². The summed E-state index contributed by atoms with van der Waals surface area (Å²) in [5, 5.41) is 9.29. The van der Waals surface area contributed by atoms with Gasteiger partial charge in [0.25, 0.3) is 0 Å². The molecule has 1 rings (SSSR count). The lowest BCUT2D eigenvalue weighted by atomic mass is 10.3. The Balaban J connectivity index is 0.00000841. The maximum absolute atomic E-state index is 12.5. The van der Waals surface area contributed by atoms with E-state index in [0.717, 1.165) is 38.1 Å². The van der Waals surface area contributed by atoms with E-state index in [2.05, 4.69) is 32.9 Å². The molecule has 30 heavy (non-hydrogen) atoms. The highest BCUT2D eigenvalue weighted by atomic mass is 127. The predicted octanol–water partition coefficient (Wildman–Crippen LogP) is 3.52. The van der Waals surface area contributed by atoms with Crippen LogP contribution in [0.3, 0.4) is 0 Å².